The summed E-state index contributed by atoms with van der Waals surface area (Å²) >= 11 is 12.0. The topological polar surface area (TPSA) is 78.8 Å². The van der Waals surface area contributed by atoms with Crippen LogP contribution < -0.4 is 9.73 Å². The van der Waals surface area contributed by atoms with Gasteiger partial charge in [-0.1, -0.05) is 59.1 Å². The predicted octanol–water partition coefficient (Wildman–Crippen LogP) is 4.96. The van der Waals surface area contributed by atoms with Gasteiger partial charge in [-0.05, 0) is 61.4 Å². The number of amides is 1. The molecule has 0 fully saturated rings. The van der Waals surface area contributed by atoms with Gasteiger partial charge in [0.25, 0.3) is 15.9 Å². The SMILES string of the molecule is Cc1ccc(S(=O)(=O)N(CC(=O)N/N=C\c2ccc(Cl)cc2)c2cc(Cl)ccc2C)cc1. The fourth-order valence-corrected chi connectivity index (χ4v) is 4.65. The minimum absolute atomic E-state index is 0.0694. The molecular weight excluding hydrogens is 469 g/mol. The van der Waals surface area contributed by atoms with Crippen molar-refractivity contribution in [1.82, 2.24) is 5.43 Å². The van der Waals surface area contributed by atoms with Crippen molar-refractivity contribution in [1.29, 1.82) is 0 Å². The molecule has 9 heteroatoms. The number of nitrogens with one attached hydrogen (secondary N) is 1. The van der Waals surface area contributed by atoms with E-state index in [9.17, 15) is 13.2 Å². The largest absolute Gasteiger partial charge is 0.271 e. The van der Waals surface area contributed by atoms with Crippen LogP contribution in [-0.2, 0) is 14.8 Å². The number of rotatable bonds is 7. The molecule has 0 radical (unpaired) electrons. The third-order valence-electron chi connectivity index (χ3n) is 4.61. The van der Waals surface area contributed by atoms with Gasteiger partial charge in [-0.3, -0.25) is 9.10 Å². The zero-order valence-electron chi connectivity index (χ0n) is 17.4. The molecule has 1 N–H and O–H groups in total. The van der Waals surface area contributed by atoms with Crippen molar-refractivity contribution in [2.24, 2.45) is 5.10 Å². The minimum Gasteiger partial charge on any atom is -0.271 e. The van der Waals surface area contributed by atoms with Crippen LogP contribution in [0.25, 0.3) is 0 Å². The van der Waals surface area contributed by atoms with E-state index in [0.717, 1.165) is 15.4 Å². The molecule has 0 saturated heterocycles. The molecule has 0 aliphatic carbocycles. The van der Waals surface area contributed by atoms with E-state index < -0.39 is 22.5 Å². The quantitative estimate of drug-likeness (QED) is 0.376. The lowest BCUT2D eigenvalue weighted by atomic mass is 10.2. The molecular formula is C23H21Cl2N3O3S. The number of carbonyl (C=O) groups excluding carboxylic acids is 1. The third kappa shape index (κ3) is 5.88. The summed E-state index contributed by atoms with van der Waals surface area (Å²) in [5, 5.41) is 4.85. The summed E-state index contributed by atoms with van der Waals surface area (Å²) < 4.78 is 27.9. The lowest BCUT2D eigenvalue weighted by Crippen LogP contribution is -2.40. The van der Waals surface area contributed by atoms with Gasteiger partial charge >= 0.3 is 0 Å². The number of nitrogens with zero attached hydrogens (tertiary/aromatic N) is 2. The second-order valence-electron chi connectivity index (χ2n) is 7.10. The maximum absolute atomic E-state index is 13.4. The molecule has 0 aliphatic heterocycles. The Bertz CT molecular complexity index is 1240. The summed E-state index contributed by atoms with van der Waals surface area (Å²) in [4.78, 5) is 12.7. The van der Waals surface area contributed by atoms with Gasteiger partial charge in [0.05, 0.1) is 16.8 Å². The molecule has 0 unspecified atom stereocenters. The van der Waals surface area contributed by atoms with Gasteiger partial charge < -0.3 is 0 Å². The van der Waals surface area contributed by atoms with E-state index in [1.807, 2.05) is 6.92 Å². The number of sulfonamides is 1. The Morgan fingerprint density at radius 2 is 1.59 bits per heavy atom. The normalized spacial score (nSPS) is 11.5. The van der Waals surface area contributed by atoms with Gasteiger partial charge in [-0.25, -0.2) is 13.8 Å². The summed E-state index contributed by atoms with van der Waals surface area (Å²) in [7, 11) is -4.04. The van der Waals surface area contributed by atoms with Crippen LogP contribution in [0.4, 0.5) is 5.69 Å². The van der Waals surface area contributed by atoms with Gasteiger partial charge in [-0.2, -0.15) is 5.10 Å². The molecule has 0 aliphatic rings. The van der Waals surface area contributed by atoms with Crippen LogP contribution in [0.3, 0.4) is 0 Å². The number of hydrogen-bond acceptors (Lipinski definition) is 4. The first-order valence-corrected chi connectivity index (χ1v) is 11.8. The Balaban J connectivity index is 1.88. The van der Waals surface area contributed by atoms with Crippen LogP contribution in [0, 0.1) is 13.8 Å². The highest BCUT2D eigenvalue weighted by molar-refractivity contribution is 7.92. The Kier molecular flexibility index (Phi) is 7.56. The molecule has 32 heavy (non-hydrogen) atoms. The number of carbonyl (C=O) groups is 1. The zero-order valence-corrected chi connectivity index (χ0v) is 19.7. The van der Waals surface area contributed by atoms with Crippen LogP contribution in [0.5, 0.6) is 0 Å². The van der Waals surface area contributed by atoms with Gasteiger partial charge in [0.1, 0.15) is 6.54 Å². The number of anilines is 1. The maximum atomic E-state index is 13.4. The minimum atomic E-state index is -4.04. The number of benzene rings is 3. The summed E-state index contributed by atoms with van der Waals surface area (Å²) in [6, 6.07) is 18.2. The van der Waals surface area contributed by atoms with Gasteiger partial charge in [0, 0.05) is 10.0 Å². The van der Waals surface area contributed by atoms with E-state index in [1.54, 1.807) is 55.5 Å². The van der Waals surface area contributed by atoms with Gasteiger partial charge in [-0.15, -0.1) is 0 Å². The molecule has 0 saturated carbocycles. The van der Waals surface area contributed by atoms with Crippen molar-refractivity contribution in [2.75, 3.05) is 10.8 Å². The van der Waals surface area contributed by atoms with Crippen molar-refractivity contribution in [3.63, 3.8) is 0 Å². The van der Waals surface area contributed by atoms with E-state index in [2.05, 4.69) is 10.5 Å². The first kappa shape index (κ1) is 23.8. The molecule has 166 valence electrons. The fraction of sp³-hybridized carbons (Fsp3) is 0.130. The van der Waals surface area contributed by atoms with E-state index in [0.29, 0.717) is 21.3 Å². The van der Waals surface area contributed by atoms with Crippen molar-refractivity contribution in [3.8, 4) is 0 Å². The van der Waals surface area contributed by atoms with E-state index in [-0.39, 0.29) is 4.90 Å². The first-order valence-electron chi connectivity index (χ1n) is 9.60. The van der Waals surface area contributed by atoms with Crippen LogP contribution in [0.15, 0.2) is 76.7 Å². The Morgan fingerprint density at radius 3 is 2.25 bits per heavy atom. The molecule has 3 aromatic rings. The van der Waals surface area contributed by atoms with Crippen molar-refractivity contribution >= 4 is 51.0 Å². The molecule has 0 atom stereocenters. The van der Waals surface area contributed by atoms with Crippen LogP contribution in [0.1, 0.15) is 16.7 Å². The lowest BCUT2D eigenvalue weighted by molar-refractivity contribution is -0.119. The fourth-order valence-electron chi connectivity index (χ4n) is 2.88. The van der Waals surface area contributed by atoms with Crippen molar-refractivity contribution in [3.05, 3.63) is 93.5 Å². The first-order chi connectivity index (χ1) is 15.2. The number of hydrogen-bond donors (Lipinski definition) is 1. The molecule has 0 spiro atoms. The highest BCUT2D eigenvalue weighted by Gasteiger charge is 2.28. The Morgan fingerprint density at radius 1 is 0.969 bits per heavy atom. The Labute approximate surface area is 197 Å². The summed E-state index contributed by atoms with van der Waals surface area (Å²) in [5.41, 5.74) is 4.99. The van der Waals surface area contributed by atoms with E-state index in [4.69, 9.17) is 23.2 Å². The monoisotopic (exact) mass is 489 g/mol. The second-order valence-corrected chi connectivity index (χ2v) is 9.84. The number of hydrazone groups is 1. The zero-order chi connectivity index (χ0) is 23.3. The average Bonchev–Trinajstić information content (AvgIpc) is 2.75. The Hall–Kier alpha value is -2.87. The van der Waals surface area contributed by atoms with Crippen molar-refractivity contribution in [2.45, 2.75) is 18.7 Å². The van der Waals surface area contributed by atoms with Crippen LogP contribution >= 0.6 is 23.2 Å². The second kappa shape index (κ2) is 10.2. The predicted molar refractivity (Wildman–Crippen MR) is 129 cm³/mol. The highest BCUT2D eigenvalue weighted by atomic mass is 35.5. The van der Waals surface area contributed by atoms with Gasteiger partial charge in [0.15, 0.2) is 0 Å². The van der Waals surface area contributed by atoms with E-state index >= 15 is 0 Å². The van der Waals surface area contributed by atoms with E-state index in [1.165, 1.54) is 24.4 Å². The summed E-state index contributed by atoms with van der Waals surface area (Å²) in [6.45, 7) is 3.14. The summed E-state index contributed by atoms with van der Waals surface area (Å²) in [6.07, 6.45) is 1.44. The molecule has 0 bridgehead atoms. The standard InChI is InChI=1S/C23H21Cl2N3O3S/c1-16-3-11-21(12-4-16)32(30,31)28(22-13-20(25)8-5-17(22)2)15-23(29)27-26-14-18-6-9-19(24)10-7-18/h3-14H,15H2,1-2H3,(H,27,29)/b26-14-. The summed E-state index contributed by atoms with van der Waals surface area (Å²) in [5.74, 6) is -0.606. The number of halogens is 2. The van der Waals surface area contributed by atoms with Crippen molar-refractivity contribution < 1.29 is 13.2 Å². The maximum Gasteiger partial charge on any atom is 0.264 e. The van der Waals surface area contributed by atoms with Crippen LogP contribution in [0.2, 0.25) is 10.0 Å². The molecule has 0 aromatic heterocycles. The molecule has 1 amide bonds. The molecule has 0 heterocycles. The highest BCUT2D eigenvalue weighted by Crippen LogP contribution is 2.29. The smallest absolute Gasteiger partial charge is 0.264 e. The van der Waals surface area contributed by atoms with Gasteiger partial charge in [0.2, 0.25) is 0 Å². The lowest BCUT2D eigenvalue weighted by Gasteiger charge is -2.25. The third-order valence-corrected chi connectivity index (χ3v) is 6.87. The van der Waals surface area contributed by atoms with Crippen LogP contribution in [-0.4, -0.2) is 27.1 Å². The average molecular weight is 490 g/mol. The molecule has 6 nitrogen and oxygen atoms in total. The molecule has 3 rings (SSSR count). The number of aryl methyl sites for hydroxylation is 2. The molecule has 3 aromatic carbocycles.